The lowest BCUT2D eigenvalue weighted by Gasteiger charge is -2.31. The number of imidazole rings is 1. The third kappa shape index (κ3) is 10.8. The molecule has 1 fully saturated rings. The van der Waals surface area contributed by atoms with Crippen LogP contribution in [-0.2, 0) is 27.2 Å². The summed E-state index contributed by atoms with van der Waals surface area (Å²) < 4.78 is 0. The van der Waals surface area contributed by atoms with Crippen molar-refractivity contribution in [2.24, 2.45) is 5.73 Å². The molecule has 0 unspecified atom stereocenters. The second-order valence-electron chi connectivity index (χ2n) is 14.3. The largest absolute Gasteiger partial charge is 0.370 e. The molecule has 0 saturated carbocycles. The topological polar surface area (TPSA) is 181 Å². The lowest BCUT2D eigenvalue weighted by Crippen LogP contribution is -2.58. The van der Waals surface area contributed by atoms with E-state index in [2.05, 4.69) is 85.8 Å². The van der Waals surface area contributed by atoms with Crippen molar-refractivity contribution < 1.29 is 14.4 Å². The number of guanidine groups is 1. The van der Waals surface area contributed by atoms with E-state index in [9.17, 15) is 14.4 Å². The first-order valence-electron chi connectivity index (χ1n) is 19.0. The highest BCUT2D eigenvalue weighted by atomic mass is 16.2. The third-order valence-corrected chi connectivity index (χ3v) is 10.3. The molecule has 8 N–H and O–H groups in total. The highest BCUT2D eigenvalue weighted by Crippen LogP contribution is 2.28. The molecule has 2 heterocycles. The van der Waals surface area contributed by atoms with E-state index in [1.807, 2.05) is 53.4 Å². The molecule has 55 heavy (non-hydrogen) atoms. The Balaban J connectivity index is 1.32. The summed E-state index contributed by atoms with van der Waals surface area (Å²) >= 11 is 0. The van der Waals surface area contributed by atoms with Gasteiger partial charge in [-0.2, -0.15) is 0 Å². The summed E-state index contributed by atoms with van der Waals surface area (Å²) in [5.74, 6) is -0.800. The van der Waals surface area contributed by atoms with Crippen molar-refractivity contribution in [2.45, 2.75) is 69.1 Å². The van der Waals surface area contributed by atoms with E-state index in [0.29, 0.717) is 45.3 Å². The lowest BCUT2D eigenvalue weighted by atomic mass is 9.90. The second-order valence-corrected chi connectivity index (χ2v) is 14.3. The van der Waals surface area contributed by atoms with Crippen LogP contribution >= 0.6 is 0 Å². The number of fused-ring (bicyclic) bond motifs is 1. The van der Waals surface area contributed by atoms with Crippen molar-refractivity contribution in [3.05, 3.63) is 138 Å². The van der Waals surface area contributed by atoms with Crippen LogP contribution in [0.5, 0.6) is 0 Å². The Kier molecular flexibility index (Phi) is 13.3. The van der Waals surface area contributed by atoms with Gasteiger partial charge in [-0.15, -0.1) is 0 Å². The van der Waals surface area contributed by atoms with Crippen molar-refractivity contribution in [2.75, 3.05) is 19.6 Å². The molecule has 1 aromatic heterocycles. The van der Waals surface area contributed by atoms with E-state index in [0.717, 1.165) is 33.2 Å². The number of amides is 3. The molecule has 1 saturated heterocycles. The Labute approximate surface area is 322 Å². The van der Waals surface area contributed by atoms with Gasteiger partial charge < -0.3 is 36.9 Å². The number of aromatic nitrogens is 2. The Morgan fingerprint density at radius 3 is 2.27 bits per heavy atom. The number of hydrogen-bond donors (Lipinski definition) is 7. The number of hydrogen-bond acceptors (Lipinski definition) is 6. The number of nitrogens with two attached hydrogens (primary N) is 1. The molecule has 286 valence electrons. The molecule has 3 amide bonds. The van der Waals surface area contributed by atoms with Gasteiger partial charge in [-0.25, -0.2) is 4.98 Å². The highest BCUT2D eigenvalue weighted by molar-refractivity contribution is 5.87. The fourth-order valence-corrected chi connectivity index (χ4v) is 7.54. The Hall–Kier alpha value is -6.01. The smallest absolute Gasteiger partial charge is 0.243 e. The maximum absolute atomic E-state index is 14.6. The maximum Gasteiger partial charge on any atom is 0.243 e. The molecule has 0 bridgehead atoms. The zero-order valence-electron chi connectivity index (χ0n) is 31.2. The van der Waals surface area contributed by atoms with E-state index in [4.69, 9.17) is 11.1 Å². The molecule has 4 atom stereocenters. The summed E-state index contributed by atoms with van der Waals surface area (Å²) in [6.07, 6.45) is 5.60. The number of carbonyl (C=O) groups is 3. The van der Waals surface area contributed by atoms with E-state index >= 15 is 0 Å². The van der Waals surface area contributed by atoms with Crippen LogP contribution in [0.1, 0.15) is 54.5 Å². The molecule has 12 heteroatoms. The van der Waals surface area contributed by atoms with Crippen LogP contribution in [0, 0.1) is 5.41 Å². The predicted molar refractivity (Wildman–Crippen MR) is 215 cm³/mol. The molecular formula is C43H51N9O3. The minimum Gasteiger partial charge on any atom is -0.370 e. The minimum absolute atomic E-state index is 0.00617. The summed E-state index contributed by atoms with van der Waals surface area (Å²) in [5.41, 5.74) is 9.59. The fourth-order valence-electron chi connectivity index (χ4n) is 7.54. The van der Waals surface area contributed by atoms with Crippen molar-refractivity contribution >= 4 is 34.5 Å². The van der Waals surface area contributed by atoms with Crippen LogP contribution in [0.2, 0.25) is 0 Å². The van der Waals surface area contributed by atoms with Gasteiger partial charge in [-0.05, 0) is 53.1 Å². The summed E-state index contributed by atoms with van der Waals surface area (Å²) in [4.78, 5) is 50.2. The zero-order valence-corrected chi connectivity index (χ0v) is 31.2. The van der Waals surface area contributed by atoms with Gasteiger partial charge in [0.2, 0.25) is 17.7 Å². The average Bonchev–Trinajstić information content (AvgIpc) is 3.65. The summed E-state index contributed by atoms with van der Waals surface area (Å²) in [6, 6.07) is 32.9. The number of aromatic amines is 1. The van der Waals surface area contributed by atoms with Crippen molar-refractivity contribution in [1.29, 1.82) is 5.41 Å². The molecule has 4 aromatic carbocycles. The third-order valence-electron chi connectivity index (χ3n) is 10.3. The number of H-pyrrole nitrogens is 1. The second kappa shape index (κ2) is 18.8. The SMILES string of the molecule is CC(=O)N[C@@H](Cc1cnc[nH]1)C(=O)N[C@@H](Cc1ccc2ccccc2c1)[C@@H]1CCN(CC(c2ccccc2)c2ccccc2)C(=O)[C@H](CCCNC(=N)N)N1. The Morgan fingerprint density at radius 1 is 0.927 bits per heavy atom. The number of rotatable bonds is 16. The minimum atomic E-state index is -0.841. The molecule has 0 aliphatic carbocycles. The van der Waals surface area contributed by atoms with Crippen LogP contribution in [0.4, 0.5) is 0 Å². The molecule has 0 radical (unpaired) electrons. The summed E-state index contributed by atoms with van der Waals surface area (Å²) in [5, 5.41) is 22.5. The van der Waals surface area contributed by atoms with E-state index < -0.39 is 18.1 Å². The number of benzene rings is 4. The van der Waals surface area contributed by atoms with Gasteiger partial charge in [0, 0.05) is 62.9 Å². The fraction of sp³-hybridized carbons (Fsp3) is 0.326. The summed E-state index contributed by atoms with van der Waals surface area (Å²) in [7, 11) is 0. The Morgan fingerprint density at radius 2 is 1.62 bits per heavy atom. The molecule has 0 spiro atoms. The van der Waals surface area contributed by atoms with Gasteiger partial charge in [0.05, 0.1) is 12.4 Å². The van der Waals surface area contributed by atoms with E-state index in [1.54, 1.807) is 12.5 Å². The molecular weight excluding hydrogens is 691 g/mol. The van der Waals surface area contributed by atoms with Gasteiger partial charge in [0.15, 0.2) is 5.96 Å². The van der Waals surface area contributed by atoms with Gasteiger partial charge in [0.1, 0.15) is 6.04 Å². The van der Waals surface area contributed by atoms with Gasteiger partial charge in [-0.1, -0.05) is 103 Å². The van der Waals surface area contributed by atoms with Crippen LogP contribution in [0.25, 0.3) is 10.8 Å². The highest BCUT2D eigenvalue weighted by Gasteiger charge is 2.36. The maximum atomic E-state index is 14.6. The van der Waals surface area contributed by atoms with Crippen LogP contribution in [0.15, 0.2) is 116 Å². The van der Waals surface area contributed by atoms with Crippen LogP contribution < -0.4 is 27.0 Å². The molecule has 1 aliphatic heterocycles. The predicted octanol–water partition coefficient (Wildman–Crippen LogP) is 3.99. The monoisotopic (exact) mass is 741 g/mol. The van der Waals surface area contributed by atoms with Crippen molar-refractivity contribution in [1.82, 2.24) is 36.1 Å². The molecule has 12 nitrogen and oxygen atoms in total. The number of nitrogens with zero attached hydrogens (tertiary/aromatic N) is 2. The first-order chi connectivity index (χ1) is 26.7. The van der Waals surface area contributed by atoms with Crippen LogP contribution in [0.3, 0.4) is 0 Å². The lowest BCUT2D eigenvalue weighted by molar-refractivity contribution is -0.133. The Bertz CT molecular complexity index is 1980. The first kappa shape index (κ1) is 38.7. The van der Waals surface area contributed by atoms with E-state index in [-0.39, 0.29) is 42.1 Å². The van der Waals surface area contributed by atoms with Crippen molar-refractivity contribution in [3.8, 4) is 0 Å². The number of carbonyl (C=O) groups excluding carboxylic acids is 3. The average molecular weight is 742 g/mol. The van der Waals surface area contributed by atoms with Crippen molar-refractivity contribution in [3.63, 3.8) is 0 Å². The molecule has 5 aromatic rings. The quantitative estimate of drug-likeness (QED) is 0.0454. The van der Waals surface area contributed by atoms with Gasteiger partial charge in [0.25, 0.3) is 0 Å². The zero-order chi connectivity index (χ0) is 38.6. The van der Waals surface area contributed by atoms with E-state index in [1.165, 1.54) is 6.92 Å². The summed E-state index contributed by atoms with van der Waals surface area (Å²) in [6.45, 7) is 2.81. The first-order valence-corrected chi connectivity index (χ1v) is 19.0. The molecule has 6 rings (SSSR count). The van der Waals surface area contributed by atoms with Gasteiger partial charge in [-0.3, -0.25) is 19.8 Å². The number of nitrogens with one attached hydrogen (secondary N) is 6. The standard InChI is InChI=1S/C43H51N9O3/c1-29(53)49-40(25-35-26-46-28-48-35)41(54)51-39(24-30-18-19-31-11-8-9-16-34(31)23-30)37-20-22-52(42(55)38(50-37)17-10-21-47-43(44)45)27-36(32-12-4-2-5-13-32)33-14-6-3-7-15-33/h2-9,11-16,18-19,23,26,28,36-40,50H,10,17,20-22,24-25,27H2,1H3,(H,46,48)(H,49,53)(H,51,54)(H4,44,45,47)/t37-,38-,39-,40-/m0/s1. The van der Waals surface area contributed by atoms with Gasteiger partial charge >= 0.3 is 0 Å². The molecule has 1 aliphatic rings. The normalized spacial score (nSPS) is 17.0. The van der Waals surface area contributed by atoms with Crippen LogP contribution in [-0.4, -0.2) is 82.4 Å².